The zero-order valence-electron chi connectivity index (χ0n) is 15.1. The van der Waals surface area contributed by atoms with Crippen LogP contribution in [0.4, 0.5) is 4.39 Å². The topological polar surface area (TPSA) is 17.8 Å². The van der Waals surface area contributed by atoms with Crippen molar-refractivity contribution >= 4 is 13.3 Å². The fraction of sp³-hybridized carbons (Fsp3) is 0.250. The quantitative estimate of drug-likeness (QED) is 0.357. The van der Waals surface area contributed by atoms with Crippen LogP contribution in [-0.2, 0) is 20.1 Å². The summed E-state index contributed by atoms with van der Waals surface area (Å²) in [5, 5.41) is 1.45. The molecule has 0 aliphatic rings. The number of hydrogen-bond acceptors (Lipinski definition) is 1. The summed E-state index contributed by atoms with van der Waals surface area (Å²) in [5.41, 5.74) is 4.39. The van der Waals surface area contributed by atoms with E-state index in [1.165, 1.54) is 28.4 Å². The Hall–Kier alpha value is -1.55. The average molecular weight is 530 g/mol. The molecule has 0 saturated carbocycles. The number of hydrogen-bond donors (Lipinski definition) is 0. The first-order valence-electron chi connectivity index (χ1n) is 8.10. The molecule has 0 fully saturated rings. The Labute approximate surface area is 163 Å². The van der Waals surface area contributed by atoms with Crippen molar-refractivity contribution in [2.45, 2.75) is 33.5 Å². The molecule has 25 heavy (non-hydrogen) atoms. The molecule has 0 aliphatic heterocycles. The molecule has 1 radical (unpaired) electrons. The molecule has 3 aromatic rings. The van der Waals surface area contributed by atoms with Gasteiger partial charge in [-0.05, 0) is 25.0 Å². The molecule has 1 heterocycles. The molecule has 0 N–H and O–H groups in total. The summed E-state index contributed by atoms with van der Waals surface area (Å²) >= 11 is 0. The molecule has 0 atom stereocenters. The Balaban J connectivity index is 0.00000225. The summed E-state index contributed by atoms with van der Waals surface area (Å²) in [6.45, 7) is 11.4. The first-order chi connectivity index (χ1) is 11.3. The molecule has 1 aromatic heterocycles. The van der Waals surface area contributed by atoms with Gasteiger partial charge in [-0.3, -0.25) is 9.37 Å². The number of rotatable bonds is 3. The van der Waals surface area contributed by atoms with Crippen molar-refractivity contribution in [2.24, 2.45) is 0 Å². The Morgan fingerprint density at radius 1 is 1.08 bits per heavy atom. The fourth-order valence-corrected chi connectivity index (χ4v) is 4.30. The molecule has 0 amide bonds. The smallest absolute Gasteiger partial charge is 0.0776 e. The summed E-state index contributed by atoms with van der Waals surface area (Å²) in [7, 11) is -1.36. The molecule has 5 heteroatoms. The first-order valence-corrected chi connectivity index (χ1v) is 11.6. The van der Waals surface area contributed by atoms with E-state index in [1.807, 2.05) is 6.20 Å². The van der Waals surface area contributed by atoms with Crippen molar-refractivity contribution in [3.8, 4) is 17.1 Å². The molecule has 0 bridgehead atoms. The van der Waals surface area contributed by atoms with Gasteiger partial charge in [0.15, 0.2) is 0 Å². The summed E-state index contributed by atoms with van der Waals surface area (Å²) in [4.78, 5) is 4.46. The van der Waals surface area contributed by atoms with E-state index in [2.05, 4.69) is 61.2 Å². The van der Waals surface area contributed by atoms with Gasteiger partial charge in [0.25, 0.3) is 0 Å². The van der Waals surface area contributed by atoms with Gasteiger partial charge in [-0.15, -0.1) is 29.8 Å². The van der Waals surface area contributed by atoms with Crippen LogP contribution in [0.5, 0.6) is 0 Å². The zero-order valence-corrected chi connectivity index (χ0v) is 18.5. The largest absolute Gasteiger partial charge is 0.340 e. The minimum atomic E-state index is -1.36. The van der Waals surface area contributed by atoms with Crippen LogP contribution in [0.25, 0.3) is 17.1 Å². The third-order valence-corrected chi connectivity index (χ3v) is 6.28. The molecule has 2 nitrogen and oxygen atoms in total. The minimum Gasteiger partial charge on any atom is -0.340 e. The van der Waals surface area contributed by atoms with Gasteiger partial charge in [-0.1, -0.05) is 37.0 Å². The molecule has 0 aliphatic carbocycles. The average Bonchev–Trinajstić information content (AvgIpc) is 2.95. The minimum absolute atomic E-state index is 0. The number of nitrogens with zero attached hydrogens (tertiary/aromatic N) is 2. The maximum absolute atomic E-state index is 13.2. The number of aryl methyl sites for hydroxylation is 2. The van der Waals surface area contributed by atoms with E-state index in [0.717, 1.165) is 17.1 Å². The van der Waals surface area contributed by atoms with Crippen LogP contribution in [0, 0.1) is 25.7 Å². The van der Waals surface area contributed by atoms with E-state index in [9.17, 15) is 4.39 Å². The summed E-state index contributed by atoms with van der Waals surface area (Å²) in [6, 6.07) is 12.1. The third-order valence-electron chi connectivity index (χ3n) is 4.25. The van der Waals surface area contributed by atoms with Crippen LogP contribution in [0.3, 0.4) is 0 Å². The number of halogens is 1. The van der Waals surface area contributed by atoms with Crippen LogP contribution >= 0.6 is 0 Å². The van der Waals surface area contributed by atoms with E-state index < -0.39 is 8.07 Å². The molecule has 0 saturated heterocycles. The SMILES string of the molecule is Cc1cc([Si](C)(C)C)cc(C)c1-n1ccnc1-c1[c-]cc(F)cc1.[Ir]. The fourth-order valence-electron chi connectivity index (χ4n) is 3.00. The zero-order chi connectivity index (χ0) is 17.5. The van der Waals surface area contributed by atoms with Crippen molar-refractivity contribution in [1.82, 2.24) is 9.55 Å². The van der Waals surface area contributed by atoms with Crippen LogP contribution in [0.1, 0.15) is 11.1 Å². The van der Waals surface area contributed by atoms with Crippen molar-refractivity contribution in [3.63, 3.8) is 0 Å². The van der Waals surface area contributed by atoms with Gasteiger partial charge >= 0.3 is 0 Å². The van der Waals surface area contributed by atoms with Crippen molar-refractivity contribution in [2.75, 3.05) is 0 Å². The molecular weight excluding hydrogens is 508 g/mol. The molecule has 0 spiro atoms. The van der Waals surface area contributed by atoms with E-state index in [-0.39, 0.29) is 25.9 Å². The van der Waals surface area contributed by atoms with E-state index in [1.54, 1.807) is 12.3 Å². The molecule has 133 valence electrons. The second-order valence-corrected chi connectivity index (χ2v) is 12.3. The summed E-state index contributed by atoms with van der Waals surface area (Å²) < 4.78 is 15.3. The Bertz CT molecular complexity index is 856. The monoisotopic (exact) mass is 530 g/mol. The van der Waals surface area contributed by atoms with Crippen LogP contribution in [-0.4, -0.2) is 17.6 Å². The van der Waals surface area contributed by atoms with Crippen molar-refractivity contribution < 1.29 is 24.5 Å². The van der Waals surface area contributed by atoms with E-state index >= 15 is 0 Å². The van der Waals surface area contributed by atoms with Gasteiger partial charge in [0.05, 0.1) is 13.9 Å². The summed E-state index contributed by atoms with van der Waals surface area (Å²) in [5.74, 6) is 0.491. The Morgan fingerprint density at radius 3 is 2.24 bits per heavy atom. The number of aromatic nitrogens is 2. The molecule has 3 rings (SSSR count). The van der Waals surface area contributed by atoms with Gasteiger partial charge in [0, 0.05) is 44.0 Å². The van der Waals surface area contributed by atoms with Crippen LogP contribution in [0.15, 0.2) is 42.7 Å². The van der Waals surface area contributed by atoms with Gasteiger partial charge in [-0.25, -0.2) is 0 Å². The summed E-state index contributed by atoms with van der Waals surface area (Å²) in [6.07, 6.45) is 3.73. The standard InChI is InChI=1S/C20H22FN2Si.Ir/c1-14-12-18(24(3,4)5)13-15(2)19(14)23-11-10-22-20(23)16-6-8-17(21)9-7-16;/h6,8-13H,1-5H3;/q-1;. The maximum atomic E-state index is 13.2. The Kier molecular flexibility index (Phi) is 5.82. The Morgan fingerprint density at radius 2 is 1.72 bits per heavy atom. The van der Waals surface area contributed by atoms with Gasteiger partial charge in [-0.2, -0.15) is 0 Å². The second kappa shape index (κ2) is 7.36. The van der Waals surface area contributed by atoms with E-state index in [4.69, 9.17) is 0 Å². The normalized spacial score (nSPS) is 11.3. The first kappa shape index (κ1) is 19.8. The number of benzene rings is 2. The van der Waals surface area contributed by atoms with Crippen LogP contribution in [0.2, 0.25) is 19.6 Å². The van der Waals surface area contributed by atoms with Crippen molar-refractivity contribution in [3.05, 3.63) is 65.7 Å². The van der Waals surface area contributed by atoms with Crippen molar-refractivity contribution in [1.29, 1.82) is 0 Å². The van der Waals surface area contributed by atoms with E-state index in [0.29, 0.717) is 0 Å². The molecular formula is C20H22FIrN2Si-. The van der Waals surface area contributed by atoms with Gasteiger partial charge in [0.1, 0.15) is 0 Å². The predicted octanol–water partition coefficient (Wildman–Crippen LogP) is 4.64. The number of imidazole rings is 1. The third kappa shape index (κ3) is 4.00. The van der Waals surface area contributed by atoms with Gasteiger partial charge < -0.3 is 4.57 Å². The predicted molar refractivity (Wildman–Crippen MR) is 100 cm³/mol. The van der Waals surface area contributed by atoms with Crippen LogP contribution < -0.4 is 5.19 Å². The van der Waals surface area contributed by atoms with Gasteiger partial charge in [0.2, 0.25) is 0 Å². The molecule has 0 unspecified atom stereocenters. The maximum Gasteiger partial charge on any atom is 0.0776 e. The second-order valence-electron chi connectivity index (χ2n) is 7.25. The molecule has 2 aromatic carbocycles.